The van der Waals surface area contributed by atoms with Crippen LogP contribution in [0.25, 0.3) is 22.4 Å². The quantitative estimate of drug-likeness (QED) is 0.601. The molecule has 26 heavy (non-hydrogen) atoms. The van der Waals surface area contributed by atoms with E-state index in [4.69, 9.17) is 5.11 Å². The molecule has 0 radical (unpaired) electrons. The van der Waals surface area contributed by atoms with Gasteiger partial charge in [0.15, 0.2) is 5.65 Å². The lowest BCUT2D eigenvalue weighted by atomic mass is 10.2. The van der Waals surface area contributed by atoms with Crippen molar-refractivity contribution in [2.75, 3.05) is 4.31 Å². The molecule has 0 bridgehead atoms. The first-order valence-electron chi connectivity index (χ1n) is 7.73. The van der Waals surface area contributed by atoms with E-state index < -0.39 is 6.09 Å². The van der Waals surface area contributed by atoms with Gasteiger partial charge in [0.25, 0.3) is 0 Å². The number of rotatable bonds is 3. The molecular weight excluding hydrogens is 358 g/mol. The summed E-state index contributed by atoms with van der Waals surface area (Å²) in [5, 5.41) is 15.5. The monoisotopic (exact) mass is 371 g/mol. The summed E-state index contributed by atoms with van der Waals surface area (Å²) in [7, 11) is 0. The molecule has 3 heterocycles. The van der Waals surface area contributed by atoms with Gasteiger partial charge in [0, 0.05) is 17.8 Å². The topological polar surface area (TPSA) is 126 Å². The van der Waals surface area contributed by atoms with E-state index in [1.807, 2.05) is 0 Å². The molecule has 0 aliphatic heterocycles. The van der Waals surface area contributed by atoms with E-state index in [1.54, 1.807) is 12.1 Å². The molecule has 132 valence electrons. The van der Waals surface area contributed by atoms with Gasteiger partial charge in [-0.05, 0) is 25.0 Å². The fourth-order valence-electron chi connectivity index (χ4n) is 2.27. The van der Waals surface area contributed by atoms with Crippen LogP contribution in [0, 0.1) is 0 Å². The summed E-state index contributed by atoms with van der Waals surface area (Å²) in [6.07, 6.45) is 4.95. The first-order chi connectivity index (χ1) is 12.5. The Morgan fingerprint density at radius 1 is 1.27 bits per heavy atom. The molecular formula is C15H13N7O3S. The smallest absolute Gasteiger partial charge is 0.432 e. The third-order valence-electron chi connectivity index (χ3n) is 3.78. The molecule has 0 unspecified atom stereocenters. The molecule has 0 aromatic carbocycles. The molecule has 1 saturated carbocycles. The van der Waals surface area contributed by atoms with Crippen molar-refractivity contribution in [3.05, 3.63) is 30.7 Å². The molecule has 0 spiro atoms. The lowest BCUT2D eigenvalue weighted by molar-refractivity contribution is 0.192. The van der Waals surface area contributed by atoms with Crippen LogP contribution in [-0.2, 0) is 0 Å². The highest BCUT2D eigenvalue weighted by Gasteiger charge is 2.26. The van der Waals surface area contributed by atoms with E-state index in [1.165, 1.54) is 18.6 Å². The number of amides is 2. The lowest BCUT2D eigenvalue weighted by Crippen LogP contribution is -2.35. The number of pyridine rings is 1. The standard InChI is InChI=1S/C15H13N7O3S/c23-14(18-9-1-2-9)22(26)12-4-3-10-13(20-12)19-11(6-16-10)8-5-17-21(7-8)15(24)25/h3-7,9,26H,1-2H2,(H,18,23)(H,24,25). The Morgan fingerprint density at radius 2 is 2.08 bits per heavy atom. The zero-order chi connectivity index (χ0) is 18.3. The third-order valence-corrected chi connectivity index (χ3v) is 4.17. The molecule has 0 atom stereocenters. The second kappa shape index (κ2) is 6.26. The van der Waals surface area contributed by atoms with Crippen molar-refractivity contribution in [3.8, 4) is 11.3 Å². The molecule has 2 N–H and O–H groups in total. The fraction of sp³-hybridized carbons (Fsp3) is 0.200. The largest absolute Gasteiger partial charge is 0.463 e. The van der Waals surface area contributed by atoms with Gasteiger partial charge in [-0.15, -0.1) is 0 Å². The van der Waals surface area contributed by atoms with E-state index in [2.05, 4.69) is 38.2 Å². The van der Waals surface area contributed by atoms with Crippen LogP contribution in [0.1, 0.15) is 12.8 Å². The summed E-state index contributed by atoms with van der Waals surface area (Å²) < 4.78 is 1.90. The highest BCUT2D eigenvalue weighted by Crippen LogP contribution is 2.23. The second-order valence-corrected chi connectivity index (χ2v) is 6.16. The molecule has 4 rings (SSSR count). The van der Waals surface area contributed by atoms with Crippen LogP contribution in [0.2, 0.25) is 0 Å². The zero-order valence-electron chi connectivity index (χ0n) is 13.3. The Morgan fingerprint density at radius 3 is 2.77 bits per heavy atom. The number of nitrogens with one attached hydrogen (secondary N) is 1. The minimum absolute atomic E-state index is 0.203. The average Bonchev–Trinajstić information content (AvgIpc) is 3.31. The van der Waals surface area contributed by atoms with Gasteiger partial charge >= 0.3 is 12.1 Å². The predicted molar refractivity (Wildman–Crippen MR) is 95.0 cm³/mol. The third kappa shape index (κ3) is 3.16. The van der Waals surface area contributed by atoms with Gasteiger partial charge in [0.05, 0.1) is 18.1 Å². The molecule has 0 saturated heterocycles. The van der Waals surface area contributed by atoms with Crippen LogP contribution in [0.15, 0.2) is 30.7 Å². The van der Waals surface area contributed by atoms with Gasteiger partial charge in [-0.25, -0.2) is 23.9 Å². The molecule has 1 aliphatic rings. The number of anilines is 1. The van der Waals surface area contributed by atoms with E-state index in [0.717, 1.165) is 21.8 Å². The highest BCUT2D eigenvalue weighted by atomic mass is 32.1. The van der Waals surface area contributed by atoms with Crippen LogP contribution in [0.5, 0.6) is 0 Å². The first kappa shape index (κ1) is 16.3. The number of carbonyl (C=O) groups is 2. The van der Waals surface area contributed by atoms with E-state index >= 15 is 0 Å². The Bertz CT molecular complexity index is 1020. The number of nitrogens with zero attached hydrogens (tertiary/aromatic N) is 6. The minimum atomic E-state index is -1.20. The molecule has 11 heteroatoms. The number of urea groups is 1. The Balaban J connectivity index is 1.65. The molecule has 3 aromatic heterocycles. The number of carboxylic acid groups (broad SMARTS) is 1. The number of carbonyl (C=O) groups excluding carboxylic acids is 1. The Labute approximate surface area is 152 Å². The highest BCUT2D eigenvalue weighted by molar-refractivity contribution is 7.82. The maximum atomic E-state index is 12.1. The zero-order valence-corrected chi connectivity index (χ0v) is 14.2. The molecule has 10 nitrogen and oxygen atoms in total. The number of hydrogen-bond donors (Lipinski definition) is 3. The SMILES string of the molecule is O=C(NC1CC1)N(S)c1ccc2ncc(-c3cnn(C(=O)O)c3)nc2n1. The van der Waals surface area contributed by atoms with Gasteiger partial charge in [0.2, 0.25) is 0 Å². The Kier molecular flexibility index (Phi) is 3.92. The van der Waals surface area contributed by atoms with Crippen LogP contribution in [0.3, 0.4) is 0 Å². The van der Waals surface area contributed by atoms with Crippen molar-refractivity contribution >= 4 is 41.9 Å². The predicted octanol–water partition coefficient (Wildman–Crippen LogP) is 1.94. The van der Waals surface area contributed by atoms with Crippen molar-refractivity contribution in [3.63, 3.8) is 0 Å². The van der Waals surface area contributed by atoms with Crippen LogP contribution >= 0.6 is 12.8 Å². The van der Waals surface area contributed by atoms with Crippen molar-refractivity contribution in [2.45, 2.75) is 18.9 Å². The van der Waals surface area contributed by atoms with Crippen molar-refractivity contribution in [1.82, 2.24) is 30.0 Å². The van der Waals surface area contributed by atoms with Gasteiger partial charge in [-0.1, -0.05) is 12.8 Å². The van der Waals surface area contributed by atoms with Gasteiger partial charge < -0.3 is 10.4 Å². The van der Waals surface area contributed by atoms with E-state index in [0.29, 0.717) is 28.2 Å². The minimum Gasteiger partial charge on any atom is -0.463 e. The summed E-state index contributed by atoms with van der Waals surface area (Å²) in [6, 6.07) is 3.16. The first-order valence-corrected chi connectivity index (χ1v) is 8.13. The van der Waals surface area contributed by atoms with Crippen molar-refractivity contribution < 1.29 is 14.7 Å². The number of fused-ring (bicyclic) bond motifs is 1. The average molecular weight is 371 g/mol. The van der Waals surface area contributed by atoms with Gasteiger partial charge in [-0.2, -0.15) is 9.78 Å². The van der Waals surface area contributed by atoms with Crippen molar-refractivity contribution in [1.29, 1.82) is 0 Å². The molecule has 1 fully saturated rings. The van der Waals surface area contributed by atoms with Gasteiger partial charge in [0.1, 0.15) is 11.3 Å². The number of aromatic nitrogens is 5. The number of thiol groups is 1. The van der Waals surface area contributed by atoms with Crippen LogP contribution < -0.4 is 9.62 Å². The van der Waals surface area contributed by atoms with E-state index in [-0.39, 0.29) is 12.1 Å². The second-order valence-electron chi connectivity index (χ2n) is 5.76. The van der Waals surface area contributed by atoms with E-state index in [9.17, 15) is 9.59 Å². The lowest BCUT2D eigenvalue weighted by Gasteiger charge is -2.15. The summed E-state index contributed by atoms with van der Waals surface area (Å²) in [4.78, 5) is 36.0. The summed E-state index contributed by atoms with van der Waals surface area (Å²) in [5.41, 5.74) is 1.75. The summed E-state index contributed by atoms with van der Waals surface area (Å²) in [6.45, 7) is 0. The van der Waals surface area contributed by atoms with Gasteiger partial charge in [-0.3, -0.25) is 4.98 Å². The maximum Gasteiger partial charge on any atom is 0.432 e. The fourth-order valence-corrected chi connectivity index (χ4v) is 2.44. The Hall–Kier alpha value is -3.21. The molecule has 2 amide bonds. The summed E-state index contributed by atoms with van der Waals surface area (Å²) in [5.74, 6) is 0.312. The van der Waals surface area contributed by atoms with Crippen molar-refractivity contribution in [2.24, 2.45) is 0 Å². The maximum absolute atomic E-state index is 12.1. The normalized spacial score (nSPS) is 13.6. The number of hydrogen-bond acceptors (Lipinski definition) is 7. The van der Waals surface area contributed by atoms with Crippen LogP contribution in [0.4, 0.5) is 15.4 Å². The molecule has 1 aliphatic carbocycles. The molecule has 3 aromatic rings. The van der Waals surface area contributed by atoms with Crippen LogP contribution in [-0.4, -0.2) is 48.0 Å². The summed E-state index contributed by atoms with van der Waals surface area (Å²) >= 11 is 4.20.